The fraction of sp³-hybridized carbons (Fsp3) is 1.00. The summed E-state index contributed by atoms with van der Waals surface area (Å²) < 4.78 is 0. The van der Waals surface area contributed by atoms with Crippen molar-refractivity contribution in [2.45, 2.75) is 130 Å². The minimum absolute atomic E-state index is 0. The molecule has 0 aromatic rings. The van der Waals surface area contributed by atoms with Gasteiger partial charge in [-0.2, -0.15) is 0 Å². The SMILES string of the molecule is CCCCCCCCCCCC[P+](CCCC)(CCCC)CCCC.[I-]. The van der Waals surface area contributed by atoms with Gasteiger partial charge in [-0.1, -0.05) is 98.3 Å². The van der Waals surface area contributed by atoms with Crippen molar-refractivity contribution in [3.8, 4) is 0 Å². The summed E-state index contributed by atoms with van der Waals surface area (Å²) in [6, 6.07) is 0. The van der Waals surface area contributed by atoms with Crippen LogP contribution >= 0.6 is 7.26 Å². The van der Waals surface area contributed by atoms with Crippen LogP contribution in [-0.4, -0.2) is 24.6 Å². The molecule has 0 N–H and O–H groups in total. The summed E-state index contributed by atoms with van der Waals surface area (Å²) in [7, 11) is -0.620. The average molecular weight is 499 g/mol. The molecule has 0 unspecified atom stereocenters. The molecule has 0 saturated carbocycles. The standard InChI is InChI=1S/C24H52P.HI/c1-5-9-13-14-15-16-17-18-19-20-24-25(21-10-6-2,22-11-7-3)23-12-8-4;/h5-24H2,1-4H3;1H/q+1;/p-1. The first kappa shape index (κ1) is 29.4. The Morgan fingerprint density at radius 3 is 0.962 bits per heavy atom. The van der Waals surface area contributed by atoms with E-state index in [1.165, 1.54) is 96.3 Å². The van der Waals surface area contributed by atoms with E-state index in [9.17, 15) is 0 Å². The quantitative estimate of drug-likeness (QED) is 0.105. The van der Waals surface area contributed by atoms with Crippen molar-refractivity contribution in [2.24, 2.45) is 0 Å². The first-order valence-electron chi connectivity index (χ1n) is 12.1. The summed E-state index contributed by atoms with van der Waals surface area (Å²) in [6.07, 6.45) is 30.0. The summed E-state index contributed by atoms with van der Waals surface area (Å²) in [5.74, 6) is 0. The molecule has 0 atom stereocenters. The zero-order valence-electron chi connectivity index (χ0n) is 19.0. The largest absolute Gasteiger partial charge is 1.00 e. The number of hydrogen-bond donors (Lipinski definition) is 0. The van der Waals surface area contributed by atoms with Crippen LogP contribution in [0.2, 0.25) is 0 Å². The van der Waals surface area contributed by atoms with E-state index in [1.54, 1.807) is 31.1 Å². The Bertz CT molecular complexity index is 233. The van der Waals surface area contributed by atoms with E-state index in [1.807, 2.05) is 0 Å². The summed E-state index contributed by atoms with van der Waals surface area (Å²) >= 11 is 0. The fourth-order valence-corrected chi connectivity index (χ4v) is 9.28. The Kier molecular flexibility index (Phi) is 25.4. The molecule has 0 spiro atoms. The number of hydrogen-bond acceptors (Lipinski definition) is 0. The van der Waals surface area contributed by atoms with Crippen LogP contribution in [-0.2, 0) is 0 Å². The molecule has 0 aromatic carbocycles. The van der Waals surface area contributed by atoms with Crippen LogP contribution in [0.15, 0.2) is 0 Å². The van der Waals surface area contributed by atoms with Gasteiger partial charge in [0.15, 0.2) is 0 Å². The highest BCUT2D eigenvalue weighted by Crippen LogP contribution is 2.61. The van der Waals surface area contributed by atoms with Crippen LogP contribution in [0, 0.1) is 0 Å². The van der Waals surface area contributed by atoms with E-state index >= 15 is 0 Å². The van der Waals surface area contributed by atoms with Crippen LogP contribution in [0.1, 0.15) is 130 Å². The summed E-state index contributed by atoms with van der Waals surface area (Å²) in [6.45, 7) is 9.46. The maximum Gasteiger partial charge on any atom is 0.0594 e. The second kappa shape index (κ2) is 22.4. The third kappa shape index (κ3) is 17.3. The van der Waals surface area contributed by atoms with Crippen molar-refractivity contribution >= 4 is 7.26 Å². The van der Waals surface area contributed by atoms with Gasteiger partial charge in [-0.25, -0.2) is 0 Å². The van der Waals surface area contributed by atoms with Gasteiger partial charge in [0.05, 0.1) is 24.6 Å². The molecule has 0 amide bonds. The van der Waals surface area contributed by atoms with Crippen molar-refractivity contribution in [3.63, 3.8) is 0 Å². The normalized spacial score (nSPS) is 11.5. The van der Waals surface area contributed by atoms with Crippen LogP contribution in [0.25, 0.3) is 0 Å². The highest BCUT2D eigenvalue weighted by atomic mass is 127. The first-order chi connectivity index (χ1) is 12.2. The Balaban J connectivity index is 0. The molecule has 160 valence electrons. The highest BCUT2D eigenvalue weighted by Gasteiger charge is 2.34. The van der Waals surface area contributed by atoms with Crippen molar-refractivity contribution in [2.75, 3.05) is 24.6 Å². The lowest BCUT2D eigenvalue weighted by Crippen LogP contribution is -3.00. The lowest BCUT2D eigenvalue weighted by molar-refractivity contribution is -0.00000579. The van der Waals surface area contributed by atoms with Gasteiger partial charge in [-0.15, -0.1) is 0 Å². The van der Waals surface area contributed by atoms with Crippen LogP contribution < -0.4 is 24.0 Å². The molecule has 0 bridgehead atoms. The topological polar surface area (TPSA) is 0 Å². The van der Waals surface area contributed by atoms with E-state index < -0.39 is 7.26 Å². The van der Waals surface area contributed by atoms with E-state index in [2.05, 4.69) is 27.7 Å². The zero-order valence-corrected chi connectivity index (χ0v) is 22.0. The molecule has 0 aromatic heterocycles. The maximum absolute atomic E-state index is 2.38. The molecule has 0 aliphatic rings. The minimum Gasteiger partial charge on any atom is -1.00 e. The van der Waals surface area contributed by atoms with Crippen molar-refractivity contribution in [3.05, 3.63) is 0 Å². The van der Waals surface area contributed by atoms with Gasteiger partial charge in [0, 0.05) is 7.26 Å². The summed E-state index contributed by atoms with van der Waals surface area (Å²) in [4.78, 5) is 0. The maximum atomic E-state index is 2.38. The summed E-state index contributed by atoms with van der Waals surface area (Å²) in [5.41, 5.74) is 0. The molecule has 0 radical (unpaired) electrons. The Morgan fingerprint density at radius 1 is 0.346 bits per heavy atom. The lowest BCUT2D eigenvalue weighted by Gasteiger charge is -2.28. The monoisotopic (exact) mass is 498 g/mol. The van der Waals surface area contributed by atoms with Gasteiger partial charge >= 0.3 is 0 Å². The molecular weight excluding hydrogens is 446 g/mol. The molecule has 0 aliphatic heterocycles. The molecule has 2 heteroatoms. The van der Waals surface area contributed by atoms with E-state index in [0.29, 0.717) is 0 Å². The van der Waals surface area contributed by atoms with Gasteiger partial charge in [0.25, 0.3) is 0 Å². The van der Waals surface area contributed by atoms with Gasteiger partial charge in [-0.3, -0.25) is 0 Å². The molecular formula is C24H52IP. The lowest BCUT2D eigenvalue weighted by atomic mass is 10.1. The third-order valence-electron chi connectivity index (χ3n) is 5.94. The van der Waals surface area contributed by atoms with E-state index in [4.69, 9.17) is 0 Å². The zero-order chi connectivity index (χ0) is 18.6. The first-order valence-corrected chi connectivity index (χ1v) is 14.6. The van der Waals surface area contributed by atoms with Crippen molar-refractivity contribution in [1.82, 2.24) is 0 Å². The number of rotatable bonds is 20. The Hall–Kier alpha value is 1.16. The highest BCUT2D eigenvalue weighted by molar-refractivity contribution is 7.75. The second-order valence-corrected chi connectivity index (χ2v) is 13.0. The van der Waals surface area contributed by atoms with E-state index in [0.717, 1.165) is 0 Å². The minimum atomic E-state index is -0.620. The van der Waals surface area contributed by atoms with Gasteiger partial charge in [0.2, 0.25) is 0 Å². The van der Waals surface area contributed by atoms with Crippen molar-refractivity contribution < 1.29 is 24.0 Å². The Morgan fingerprint density at radius 2 is 0.615 bits per heavy atom. The average Bonchev–Trinajstić information content (AvgIpc) is 2.64. The number of unbranched alkanes of at least 4 members (excludes halogenated alkanes) is 12. The summed E-state index contributed by atoms with van der Waals surface area (Å²) in [5, 5.41) is 0. The van der Waals surface area contributed by atoms with Gasteiger partial charge in [-0.05, 0) is 32.1 Å². The smallest absolute Gasteiger partial charge is 0.0594 e. The molecule has 0 nitrogen and oxygen atoms in total. The number of halogens is 1. The van der Waals surface area contributed by atoms with Crippen molar-refractivity contribution in [1.29, 1.82) is 0 Å². The molecule has 0 rings (SSSR count). The van der Waals surface area contributed by atoms with Crippen LogP contribution in [0.4, 0.5) is 0 Å². The predicted molar refractivity (Wildman–Crippen MR) is 123 cm³/mol. The molecule has 0 fully saturated rings. The fourth-order valence-electron chi connectivity index (χ4n) is 4.09. The van der Waals surface area contributed by atoms with Crippen LogP contribution in [0.5, 0.6) is 0 Å². The molecule has 0 saturated heterocycles. The second-order valence-electron chi connectivity index (χ2n) is 8.48. The van der Waals surface area contributed by atoms with Crippen LogP contribution in [0.3, 0.4) is 0 Å². The third-order valence-corrected chi connectivity index (χ3v) is 11.0. The Labute approximate surface area is 185 Å². The van der Waals surface area contributed by atoms with Gasteiger partial charge < -0.3 is 24.0 Å². The predicted octanol–water partition coefficient (Wildman–Crippen LogP) is 6.33. The molecule has 26 heavy (non-hydrogen) atoms. The molecule has 0 aliphatic carbocycles. The van der Waals surface area contributed by atoms with E-state index in [-0.39, 0.29) is 24.0 Å². The molecule has 0 heterocycles. The van der Waals surface area contributed by atoms with Gasteiger partial charge in [0.1, 0.15) is 0 Å².